The highest BCUT2D eigenvalue weighted by Crippen LogP contribution is 2.37. The average molecular weight is 296 g/mol. The van der Waals surface area contributed by atoms with Crippen LogP contribution >= 0.6 is 23.2 Å². The summed E-state index contributed by atoms with van der Waals surface area (Å²) < 4.78 is 5.81. The summed E-state index contributed by atoms with van der Waals surface area (Å²) in [5.74, 6) is 1.13. The molecule has 0 radical (unpaired) electrons. The zero-order valence-electron chi connectivity index (χ0n) is 9.99. The first kappa shape index (κ1) is 12.5. The van der Waals surface area contributed by atoms with Gasteiger partial charge in [0.25, 0.3) is 0 Å². The predicted molar refractivity (Wildman–Crippen MR) is 75.4 cm³/mol. The summed E-state index contributed by atoms with van der Waals surface area (Å²) in [6.07, 6.45) is 2.17. The van der Waals surface area contributed by atoms with Crippen LogP contribution in [0.1, 0.15) is 12.0 Å². The molecule has 0 bridgehead atoms. The maximum absolute atomic E-state index is 5.95. The molecule has 4 nitrogen and oxygen atoms in total. The second kappa shape index (κ2) is 5.23. The molecule has 1 aliphatic rings. The van der Waals surface area contributed by atoms with Crippen LogP contribution in [-0.4, -0.2) is 16.7 Å². The molecule has 1 N–H and O–H groups in total. The zero-order chi connectivity index (χ0) is 13.2. The summed E-state index contributed by atoms with van der Waals surface area (Å²) in [7, 11) is 0. The normalized spacial score (nSPS) is 13.6. The van der Waals surface area contributed by atoms with Crippen molar-refractivity contribution in [2.45, 2.75) is 12.8 Å². The molecule has 2 heterocycles. The van der Waals surface area contributed by atoms with Crippen molar-refractivity contribution >= 4 is 28.9 Å². The Morgan fingerprint density at radius 2 is 2.05 bits per heavy atom. The summed E-state index contributed by atoms with van der Waals surface area (Å²) >= 11 is 11.8. The van der Waals surface area contributed by atoms with E-state index in [0.717, 1.165) is 30.8 Å². The molecule has 0 unspecified atom stereocenters. The molecular formula is C13H11Cl2N3O. The van der Waals surface area contributed by atoms with E-state index in [9.17, 15) is 0 Å². The van der Waals surface area contributed by atoms with E-state index in [2.05, 4.69) is 21.6 Å². The SMILES string of the molecule is Clc1cc(Oc2cccc3c2NCCC3)c(Cl)nn1. The van der Waals surface area contributed by atoms with Crippen molar-refractivity contribution in [2.24, 2.45) is 0 Å². The Bertz CT molecular complexity index is 619. The lowest BCUT2D eigenvalue weighted by atomic mass is 10.0. The van der Waals surface area contributed by atoms with Crippen LogP contribution < -0.4 is 10.1 Å². The number of ether oxygens (including phenoxy) is 1. The molecule has 0 spiro atoms. The third kappa shape index (κ3) is 2.60. The highest BCUT2D eigenvalue weighted by atomic mass is 35.5. The van der Waals surface area contributed by atoms with E-state index in [-0.39, 0.29) is 10.3 Å². The van der Waals surface area contributed by atoms with Gasteiger partial charge in [-0.05, 0) is 24.5 Å². The van der Waals surface area contributed by atoms with Crippen LogP contribution in [0, 0.1) is 0 Å². The van der Waals surface area contributed by atoms with Crippen molar-refractivity contribution in [3.63, 3.8) is 0 Å². The van der Waals surface area contributed by atoms with Gasteiger partial charge in [0.15, 0.2) is 21.8 Å². The molecule has 0 atom stereocenters. The number of nitrogens with one attached hydrogen (secondary N) is 1. The molecule has 0 amide bonds. The minimum atomic E-state index is 0.192. The monoisotopic (exact) mass is 295 g/mol. The van der Waals surface area contributed by atoms with Crippen molar-refractivity contribution < 1.29 is 4.74 Å². The zero-order valence-corrected chi connectivity index (χ0v) is 11.5. The highest BCUT2D eigenvalue weighted by Gasteiger charge is 2.15. The second-order valence-electron chi connectivity index (χ2n) is 4.24. The number of nitrogens with zero attached hydrogens (tertiary/aromatic N) is 2. The van der Waals surface area contributed by atoms with Gasteiger partial charge < -0.3 is 10.1 Å². The summed E-state index contributed by atoms with van der Waals surface area (Å²) in [5, 5.41) is 11.2. The first-order valence-electron chi connectivity index (χ1n) is 5.96. The Labute approximate surface area is 120 Å². The molecule has 1 aromatic carbocycles. The molecule has 1 aromatic heterocycles. The van der Waals surface area contributed by atoms with Crippen molar-refractivity contribution in [3.8, 4) is 11.5 Å². The number of aromatic nitrogens is 2. The number of hydrogen-bond acceptors (Lipinski definition) is 4. The van der Waals surface area contributed by atoms with Gasteiger partial charge in [0.2, 0.25) is 0 Å². The number of fused-ring (bicyclic) bond motifs is 1. The Hall–Kier alpha value is -1.52. The molecule has 0 saturated carbocycles. The fourth-order valence-electron chi connectivity index (χ4n) is 2.09. The van der Waals surface area contributed by atoms with Gasteiger partial charge >= 0.3 is 0 Å². The minimum absolute atomic E-state index is 0.192. The van der Waals surface area contributed by atoms with Crippen molar-refractivity contribution in [1.29, 1.82) is 0 Å². The lowest BCUT2D eigenvalue weighted by molar-refractivity contribution is 0.479. The van der Waals surface area contributed by atoms with Crippen LogP contribution in [0.15, 0.2) is 24.3 Å². The van der Waals surface area contributed by atoms with Gasteiger partial charge in [0.05, 0.1) is 5.69 Å². The van der Waals surface area contributed by atoms with E-state index < -0.39 is 0 Å². The minimum Gasteiger partial charge on any atom is -0.452 e. The molecule has 98 valence electrons. The van der Waals surface area contributed by atoms with Crippen molar-refractivity contribution in [3.05, 3.63) is 40.1 Å². The van der Waals surface area contributed by atoms with Gasteiger partial charge in [-0.25, -0.2) is 0 Å². The number of hydrogen-bond donors (Lipinski definition) is 1. The number of halogens is 2. The lowest BCUT2D eigenvalue weighted by Gasteiger charge is -2.21. The van der Waals surface area contributed by atoms with Crippen LogP contribution in [0.25, 0.3) is 0 Å². The van der Waals surface area contributed by atoms with Gasteiger partial charge in [-0.3, -0.25) is 0 Å². The number of benzene rings is 1. The highest BCUT2D eigenvalue weighted by molar-refractivity contribution is 6.32. The molecule has 19 heavy (non-hydrogen) atoms. The Balaban J connectivity index is 1.97. The van der Waals surface area contributed by atoms with Crippen molar-refractivity contribution in [2.75, 3.05) is 11.9 Å². The summed E-state index contributed by atoms with van der Waals surface area (Å²) in [6, 6.07) is 7.50. The molecule has 6 heteroatoms. The second-order valence-corrected chi connectivity index (χ2v) is 4.99. The largest absolute Gasteiger partial charge is 0.452 e. The number of para-hydroxylation sites is 1. The quantitative estimate of drug-likeness (QED) is 0.912. The predicted octanol–water partition coefficient (Wildman–Crippen LogP) is 3.93. The van der Waals surface area contributed by atoms with Crippen LogP contribution in [0.3, 0.4) is 0 Å². The summed E-state index contributed by atoms with van der Waals surface area (Å²) in [6.45, 7) is 0.941. The van der Waals surface area contributed by atoms with Crippen LogP contribution in [-0.2, 0) is 6.42 Å². The third-order valence-corrected chi connectivity index (χ3v) is 3.39. The fraction of sp³-hybridized carbons (Fsp3) is 0.231. The number of rotatable bonds is 2. The lowest BCUT2D eigenvalue weighted by Crippen LogP contribution is -2.12. The molecule has 0 saturated heterocycles. The van der Waals surface area contributed by atoms with Gasteiger partial charge in [-0.2, -0.15) is 0 Å². The Morgan fingerprint density at radius 1 is 1.16 bits per heavy atom. The first-order valence-corrected chi connectivity index (χ1v) is 6.72. The smallest absolute Gasteiger partial charge is 0.194 e. The fourth-order valence-corrected chi connectivity index (χ4v) is 2.36. The molecular weight excluding hydrogens is 285 g/mol. The van der Waals surface area contributed by atoms with E-state index in [1.165, 1.54) is 5.56 Å². The van der Waals surface area contributed by atoms with Gasteiger partial charge in [-0.15, -0.1) is 10.2 Å². The molecule has 1 aliphatic heterocycles. The Kier molecular flexibility index (Phi) is 3.44. The van der Waals surface area contributed by atoms with Crippen LogP contribution in [0.2, 0.25) is 10.3 Å². The number of aryl methyl sites for hydroxylation is 1. The summed E-state index contributed by atoms with van der Waals surface area (Å²) in [5.41, 5.74) is 2.26. The number of anilines is 1. The van der Waals surface area contributed by atoms with E-state index in [4.69, 9.17) is 27.9 Å². The van der Waals surface area contributed by atoms with E-state index in [0.29, 0.717) is 5.75 Å². The van der Waals surface area contributed by atoms with Crippen LogP contribution in [0.5, 0.6) is 11.5 Å². The van der Waals surface area contributed by atoms with E-state index in [1.54, 1.807) is 6.07 Å². The molecule has 2 aromatic rings. The van der Waals surface area contributed by atoms with Crippen LogP contribution in [0.4, 0.5) is 5.69 Å². The standard InChI is InChI=1S/C13H11Cl2N3O/c14-11-7-10(13(15)18-17-11)19-9-5-1-3-8-4-2-6-16-12(8)9/h1,3,5,7,16H,2,4,6H2. The molecule has 0 aliphatic carbocycles. The van der Waals surface area contributed by atoms with Gasteiger partial charge in [-0.1, -0.05) is 35.3 Å². The maximum Gasteiger partial charge on any atom is 0.194 e. The molecule has 3 rings (SSSR count). The van der Waals surface area contributed by atoms with Gasteiger partial charge in [0, 0.05) is 12.6 Å². The topological polar surface area (TPSA) is 47.0 Å². The average Bonchev–Trinajstić information content (AvgIpc) is 2.43. The van der Waals surface area contributed by atoms with Gasteiger partial charge in [0.1, 0.15) is 0 Å². The van der Waals surface area contributed by atoms with E-state index >= 15 is 0 Å². The first-order chi connectivity index (χ1) is 9.24. The maximum atomic E-state index is 5.95. The third-order valence-electron chi connectivity index (χ3n) is 2.94. The van der Waals surface area contributed by atoms with Crippen molar-refractivity contribution in [1.82, 2.24) is 10.2 Å². The molecule has 0 fully saturated rings. The Morgan fingerprint density at radius 3 is 2.95 bits per heavy atom. The summed E-state index contributed by atoms with van der Waals surface area (Å²) in [4.78, 5) is 0. The van der Waals surface area contributed by atoms with E-state index in [1.807, 2.05) is 12.1 Å².